The average Bonchev–Trinajstić information content (AvgIpc) is 3.07. The van der Waals surface area contributed by atoms with Crippen molar-refractivity contribution in [1.29, 1.82) is 0 Å². The van der Waals surface area contributed by atoms with Crippen LogP contribution in [0.15, 0.2) is 10.9 Å². The summed E-state index contributed by atoms with van der Waals surface area (Å²) < 4.78 is 1.54. The quantitative estimate of drug-likeness (QED) is 0.722. The molecule has 4 rings (SSSR count). The van der Waals surface area contributed by atoms with Gasteiger partial charge in [0.15, 0.2) is 0 Å². The third-order valence-electron chi connectivity index (χ3n) is 4.25. The first-order chi connectivity index (χ1) is 11.1. The Bertz CT molecular complexity index is 957. The van der Waals surface area contributed by atoms with E-state index in [-0.39, 0.29) is 10.8 Å². The Kier molecular flexibility index (Phi) is 3.42. The molecule has 0 aromatic carbocycles. The predicted molar refractivity (Wildman–Crippen MR) is 92.6 cm³/mol. The van der Waals surface area contributed by atoms with Crippen molar-refractivity contribution in [2.75, 3.05) is 11.4 Å². The molecule has 0 spiro atoms. The van der Waals surface area contributed by atoms with Crippen LogP contribution < -0.4 is 10.5 Å². The van der Waals surface area contributed by atoms with Crippen molar-refractivity contribution in [2.24, 2.45) is 7.05 Å². The molecule has 120 valence electrons. The highest BCUT2D eigenvalue weighted by molar-refractivity contribution is 7.18. The fraction of sp³-hybridized carbons (Fsp3) is 0.400. The first kappa shape index (κ1) is 14.7. The number of fused-ring (bicyclic) bond motifs is 2. The second-order valence-electron chi connectivity index (χ2n) is 5.71. The van der Waals surface area contributed by atoms with Crippen LogP contribution in [0.5, 0.6) is 0 Å². The normalized spacial score (nSPS) is 14.5. The van der Waals surface area contributed by atoms with Crippen LogP contribution >= 0.6 is 22.9 Å². The van der Waals surface area contributed by atoms with Gasteiger partial charge in [-0.25, -0.2) is 4.98 Å². The maximum absolute atomic E-state index is 12.0. The molecule has 23 heavy (non-hydrogen) atoms. The minimum atomic E-state index is 0.0642. The maximum Gasteiger partial charge on any atom is 0.269 e. The number of rotatable bonds is 2. The van der Waals surface area contributed by atoms with Gasteiger partial charge in [-0.15, -0.1) is 11.3 Å². The molecule has 0 radical (unpaired) electrons. The van der Waals surface area contributed by atoms with E-state index in [4.69, 9.17) is 11.6 Å². The van der Waals surface area contributed by atoms with Crippen molar-refractivity contribution >= 4 is 39.0 Å². The third kappa shape index (κ3) is 2.35. The average molecular weight is 350 g/mol. The van der Waals surface area contributed by atoms with Crippen molar-refractivity contribution < 1.29 is 0 Å². The Morgan fingerprint density at radius 1 is 1.43 bits per heavy atom. The van der Waals surface area contributed by atoms with Crippen LogP contribution in [-0.2, 0) is 26.4 Å². The molecule has 1 N–H and O–H groups in total. The number of thiophene rings is 1. The van der Waals surface area contributed by atoms with Crippen LogP contribution in [0.4, 0.5) is 5.82 Å². The summed E-state index contributed by atoms with van der Waals surface area (Å²) in [6, 6.07) is 2.15. The standard InChI is InChI=1S/C15H16ClN5OS/c1-3-8-6-10-12(17-15(16)18-13(10)23-8)21-5-4-9-11(7-21)19-20(2)14(9)22/h6,19H,3-5,7H2,1-2H3. The van der Waals surface area contributed by atoms with Gasteiger partial charge in [-0.05, 0) is 30.5 Å². The molecule has 6 nitrogen and oxygen atoms in total. The summed E-state index contributed by atoms with van der Waals surface area (Å²) >= 11 is 7.78. The smallest absolute Gasteiger partial charge is 0.269 e. The highest BCUT2D eigenvalue weighted by Crippen LogP contribution is 2.33. The van der Waals surface area contributed by atoms with Gasteiger partial charge in [0.1, 0.15) is 10.6 Å². The van der Waals surface area contributed by atoms with Crippen molar-refractivity contribution in [3.8, 4) is 0 Å². The van der Waals surface area contributed by atoms with Gasteiger partial charge < -0.3 is 4.90 Å². The van der Waals surface area contributed by atoms with E-state index in [9.17, 15) is 4.79 Å². The lowest BCUT2D eigenvalue weighted by molar-refractivity contribution is 0.688. The number of aromatic amines is 1. The Balaban J connectivity index is 1.80. The van der Waals surface area contributed by atoms with E-state index in [0.29, 0.717) is 13.0 Å². The van der Waals surface area contributed by atoms with Crippen LogP contribution in [0.1, 0.15) is 23.1 Å². The zero-order chi connectivity index (χ0) is 16.1. The van der Waals surface area contributed by atoms with Gasteiger partial charge in [0.2, 0.25) is 5.28 Å². The zero-order valence-electron chi connectivity index (χ0n) is 12.9. The lowest BCUT2D eigenvalue weighted by atomic mass is 10.1. The van der Waals surface area contributed by atoms with E-state index >= 15 is 0 Å². The third-order valence-corrected chi connectivity index (χ3v) is 5.60. The Labute approximate surface area is 141 Å². The molecule has 0 unspecified atom stereocenters. The molecule has 0 aliphatic carbocycles. The summed E-state index contributed by atoms with van der Waals surface area (Å²) in [4.78, 5) is 25.2. The van der Waals surface area contributed by atoms with Crippen molar-refractivity contribution in [3.05, 3.63) is 37.8 Å². The highest BCUT2D eigenvalue weighted by atomic mass is 35.5. The number of anilines is 1. The lowest BCUT2D eigenvalue weighted by Gasteiger charge is -2.27. The van der Waals surface area contributed by atoms with Crippen LogP contribution in [0.2, 0.25) is 5.28 Å². The van der Waals surface area contributed by atoms with E-state index in [1.165, 1.54) is 9.56 Å². The molecular weight excluding hydrogens is 334 g/mol. The number of nitrogens with one attached hydrogen (secondary N) is 1. The molecule has 1 aliphatic heterocycles. The molecule has 0 atom stereocenters. The summed E-state index contributed by atoms with van der Waals surface area (Å²) in [6.07, 6.45) is 1.67. The molecule has 3 aromatic rings. The fourth-order valence-corrected chi connectivity index (χ4v) is 4.26. The maximum atomic E-state index is 12.0. The topological polar surface area (TPSA) is 66.8 Å². The first-order valence-corrected chi connectivity index (χ1v) is 8.74. The van der Waals surface area contributed by atoms with Crippen molar-refractivity contribution in [2.45, 2.75) is 26.3 Å². The molecule has 0 saturated carbocycles. The Morgan fingerprint density at radius 3 is 3.04 bits per heavy atom. The van der Waals surface area contributed by atoms with E-state index in [0.717, 1.165) is 40.3 Å². The predicted octanol–water partition coefficient (Wildman–Crippen LogP) is 2.50. The van der Waals surface area contributed by atoms with E-state index in [2.05, 4.69) is 33.0 Å². The molecule has 3 aromatic heterocycles. The Hall–Kier alpha value is -1.86. The monoisotopic (exact) mass is 349 g/mol. The lowest BCUT2D eigenvalue weighted by Crippen LogP contribution is -2.32. The highest BCUT2D eigenvalue weighted by Gasteiger charge is 2.24. The summed E-state index contributed by atoms with van der Waals surface area (Å²) in [5.74, 6) is 0.853. The summed E-state index contributed by atoms with van der Waals surface area (Å²) in [6.45, 7) is 3.51. The van der Waals surface area contributed by atoms with Gasteiger partial charge in [-0.1, -0.05) is 6.92 Å². The number of hydrogen-bond acceptors (Lipinski definition) is 5. The van der Waals surface area contributed by atoms with Crippen LogP contribution in [-0.4, -0.2) is 26.3 Å². The van der Waals surface area contributed by atoms with Crippen molar-refractivity contribution in [1.82, 2.24) is 19.7 Å². The molecule has 4 heterocycles. The summed E-state index contributed by atoms with van der Waals surface area (Å²) in [5.41, 5.74) is 1.90. The number of hydrogen-bond donors (Lipinski definition) is 1. The van der Waals surface area contributed by atoms with Gasteiger partial charge in [0.25, 0.3) is 5.56 Å². The van der Waals surface area contributed by atoms with Gasteiger partial charge in [0.05, 0.1) is 17.6 Å². The SMILES string of the molecule is CCc1cc2c(N3CCc4c([nH]n(C)c4=O)C3)nc(Cl)nc2s1. The summed E-state index contributed by atoms with van der Waals surface area (Å²) in [7, 11) is 1.75. The molecule has 8 heteroatoms. The number of H-pyrrole nitrogens is 1. The van der Waals surface area contributed by atoms with E-state index < -0.39 is 0 Å². The summed E-state index contributed by atoms with van der Waals surface area (Å²) in [5, 5.41) is 4.44. The van der Waals surface area contributed by atoms with E-state index in [1.54, 1.807) is 18.4 Å². The van der Waals surface area contributed by atoms with Gasteiger partial charge >= 0.3 is 0 Å². The molecule has 0 saturated heterocycles. The molecule has 0 bridgehead atoms. The van der Waals surface area contributed by atoms with Gasteiger partial charge in [0, 0.05) is 24.0 Å². The largest absolute Gasteiger partial charge is 0.350 e. The zero-order valence-corrected chi connectivity index (χ0v) is 14.5. The minimum Gasteiger partial charge on any atom is -0.350 e. The molecular formula is C15H16ClN5OS. The first-order valence-electron chi connectivity index (χ1n) is 7.54. The van der Waals surface area contributed by atoms with Crippen LogP contribution in [0, 0.1) is 0 Å². The molecule has 0 amide bonds. The fourth-order valence-electron chi connectivity index (χ4n) is 3.08. The second kappa shape index (κ2) is 5.35. The minimum absolute atomic E-state index is 0.0642. The van der Waals surface area contributed by atoms with Crippen LogP contribution in [0.3, 0.4) is 0 Å². The Morgan fingerprint density at radius 2 is 2.26 bits per heavy atom. The number of halogens is 1. The van der Waals surface area contributed by atoms with E-state index in [1.807, 2.05) is 0 Å². The van der Waals surface area contributed by atoms with Crippen molar-refractivity contribution in [3.63, 3.8) is 0 Å². The molecule has 1 aliphatic rings. The second-order valence-corrected chi connectivity index (χ2v) is 7.16. The number of aromatic nitrogens is 4. The molecule has 0 fully saturated rings. The van der Waals surface area contributed by atoms with Gasteiger partial charge in [-0.2, -0.15) is 4.98 Å². The number of nitrogens with zero attached hydrogens (tertiary/aromatic N) is 4. The van der Waals surface area contributed by atoms with Gasteiger partial charge in [-0.3, -0.25) is 14.6 Å². The number of aryl methyl sites for hydroxylation is 2. The van der Waals surface area contributed by atoms with Crippen LogP contribution in [0.25, 0.3) is 10.2 Å².